The summed E-state index contributed by atoms with van der Waals surface area (Å²) in [5.74, 6) is 2.17. The van der Waals surface area contributed by atoms with Crippen LogP contribution in [0, 0.1) is 0 Å². The van der Waals surface area contributed by atoms with Crippen LogP contribution in [0.3, 0.4) is 0 Å². The summed E-state index contributed by atoms with van der Waals surface area (Å²) in [5.41, 5.74) is 1.61. The summed E-state index contributed by atoms with van der Waals surface area (Å²) in [7, 11) is 0. The van der Waals surface area contributed by atoms with E-state index in [1.807, 2.05) is 24.3 Å². The van der Waals surface area contributed by atoms with Crippen LogP contribution in [-0.2, 0) is 9.59 Å². The van der Waals surface area contributed by atoms with Crippen LogP contribution >= 0.6 is 0 Å². The van der Waals surface area contributed by atoms with E-state index in [1.165, 1.54) is 12.2 Å². The molecular formula is C23H20O6. The van der Waals surface area contributed by atoms with Crippen LogP contribution in [0.4, 0.5) is 0 Å². The summed E-state index contributed by atoms with van der Waals surface area (Å²) in [6, 6.07) is 10.9. The molecule has 6 nitrogen and oxygen atoms in total. The SMILES string of the molecule is O=C(C=Cc1ccc2c(c1)OCCO2)CC(=O)C=Cc1ccc2c(c1)OCCO2. The predicted octanol–water partition coefficient (Wildman–Crippen LogP) is 3.48. The van der Waals surface area contributed by atoms with Crippen LogP contribution in [0.5, 0.6) is 23.0 Å². The number of fused-ring (bicyclic) bond motifs is 2. The van der Waals surface area contributed by atoms with Gasteiger partial charge in [-0.3, -0.25) is 9.59 Å². The fourth-order valence-corrected chi connectivity index (χ4v) is 3.00. The Morgan fingerprint density at radius 3 is 1.52 bits per heavy atom. The Morgan fingerprint density at radius 1 is 0.655 bits per heavy atom. The van der Waals surface area contributed by atoms with E-state index in [2.05, 4.69) is 0 Å². The first-order valence-corrected chi connectivity index (χ1v) is 9.38. The number of hydrogen-bond donors (Lipinski definition) is 0. The molecule has 0 fully saturated rings. The van der Waals surface area contributed by atoms with Crippen molar-refractivity contribution in [2.75, 3.05) is 26.4 Å². The van der Waals surface area contributed by atoms with Gasteiger partial charge in [-0.2, -0.15) is 0 Å². The number of ether oxygens (including phenoxy) is 4. The first-order valence-electron chi connectivity index (χ1n) is 9.38. The van der Waals surface area contributed by atoms with E-state index < -0.39 is 0 Å². The number of benzene rings is 2. The highest BCUT2D eigenvalue weighted by Crippen LogP contribution is 2.32. The summed E-state index contributed by atoms with van der Waals surface area (Å²) >= 11 is 0. The lowest BCUT2D eigenvalue weighted by Crippen LogP contribution is -2.15. The number of allylic oxidation sites excluding steroid dienone is 2. The first kappa shape index (κ1) is 18.8. The van der Waals surface area contributed by atoms with Crippen molar-refractivity contribution < 1.29 is 28.5 Å². The van der Waals surface area contributed by atoms with E-state index >= 15 is 0 Å². The molecule has 148 valence electrons. The molecule has 2 aliphatic rings. The predicted molar refractivity (Wildman–Crippen MR) is 108 cm³/mol. The first-order chi connectivity index (χ1) is 14.2. The minimum absolute atomic E-state index is 0.192. The van der Waals surface area contributed by atoms with E-state index in [1.54, 1.807) is 24.3 Å². The normalized spacial score (nSPS) is 14.9. The van der Waals surface area contributed by atoms with Gasteiger partial charge in [0.05, 0.1) is 6.42 Å². The molecule has 0 unspecified atom stereocenters. The second kappa shape index (κ2) is 8.65. The molecule has 6 heteroatoms. The lowest BCUT2D eigenvalue weighted by atomic mass is 10.1. The van der Waals surface area contributed by atoms with Gasteiger partial charge in [0, 0.05) is 0 Å². The van der Waals surface area contributed by atoms with E-state index in [0.29, 0.717) is 49.4 Å². The van der Waals surface area contributed by atoms with E-state index in [-0.39, 0.29) is 18.0 Å². The van der Waals surface area contributed by atoms with Crippen LogP contribution in [0.25, 0.3) is 12.2 Å². The Balaban J connectivity index is 1.33. The number of carbonyl (C=O) groups is 2. The van der Waals surface area contributed by atoms with Gasteiger partial charge in [-0.25, -0.2) is 0 Å². The minimum atomic E-state index is -0.267. The molecular weight excluding hydrogens is 372 g/mol. The number of ketones is 2. The number of rotatable bonds is 6. The number of hydrogen-bond acceptors (Lipinski definition) is 6. The van der Waals surface area contributed by atoms with Crippen molar-refractivity contribution in [1.29, 1.82) is 0 Å². The molecule has 0 spiro atoms. The third kappa shape index (κ3) is 4.85. The standard InChI is InChI=1S/C23H20O6/c24-18(5-1-16-3-7-20-22(13-16)28-11-9-26-20)15-19(25)6-2-17-4-8-21-23(14-17)29-12-10-27-21/h1-8,13-14H,9-12,15H2. The van der Waals surface area contributed by atoms with E-state index in [4.69, 9.17) is 18.9 Å². The molecule has 0 atom stereocenters. The largest absolute Gasteiger partial charge is 0.486 e. The molecule has 2 aliphatic heterocycles. The van der Waals surface area contributed by atoms with Crippen LogP contribution < -0.4 is 18.9 Å². The van der Waals surface area contributed by atoms with Crippen LogP contribution in [0.15, 0.2) is 48.6 Å². The van der Waals surface area contributed by atoms with Gasteiger partial charge < -0.3 is 18.9 Å². The van der Waals surface area contributed by atoms with E-state index in [9.17, 15) is 9.59 Å². The van der Waals surface area contributed by atoms with Gasteiger partial charge in [0.1, 0.15) is 26.4 Å². The van der Waals surface area contributed by atoms with Gasteiger partial charge in [-0.1, -0.05) is 24.3 Å². The molecule has 0 radical (unpaired) electrons. The van der Waals surface area contributed by atoms with Crippen molar-refractivity contribution in [2.45, 2.75) is 6.42 Å². The molecule has 0 saturated heterocycles. The summed E-state index contributed by atoms with van der Waals surface area (Å²) in [5, 5.41) is 0. The van der Waals surface area contributed by atoms with Crippen molar-refractivity contribution in [3.63, 3.8) is 0 Å². The second-order valence-corrected chi connectivity index (χ2v) is 6.58. The Morgan fingerprint density at radius 2 is 1.07 bits per heavy atom. The van der Waals surface area contributed by atoms with Crippen molar-refractivity contribution in [3.05, 3.63) is 59.7 Å². The Bertz CT molecular complexity index is 909. The Hall–Kier alpha value is -3.54. The topological polar surface area (TPSA) is 71.1 Å². The lowest BCUT2D eigenvalue weighted by Gasteiger charge is -2.18. The van der Waals surface area contributed by atoms with E-state index in [0.717, 1.165) is 11.1 Å². The summed E-state index contributed by atoms with van der Waals surface area (Å²) < 4.78 is 22.0. The summed E-state index contributed by atoms with van der Waals surface area (Å²) in [4.78, 5) is 24.2. The molecule has 0 aliphatic carbocycles. The average molecular weight is 392 g/mol. The molecule has 29 heavy (non-hydrogen) atoms. The maximum Gasteiger partial charge on any atom is 0.163 e. The highest BCUT2D eigenvalue weighted by molar-refractivity contribution is 6.10. The van der Waals surface area contributed by atoms with Gasteiger partial charge in [-0.05, 0) is 47.5 Å². The maximum absolute atomic E-state index is 12.1. The molecule has 0 amide bonds. The Labute approximate surface area is 168 Å². The third-order valence-electron chi connectivity index (χ3n) is 4.40. The summed E-state index contributed by atoms with van der Waals surface area (Å²) in [6.45, 7) is 2.07. The monoisotopic (exact) mass is 392 g/mol. The quantitative estimate of drug-likeness (QED) is 0.554. The third-order valence-corrected chi connectivity index (χ3v) is 4.40. The molecule has 0 N–H and O–H groups in total. The molecule has 2 aromatic rings. The highest BCUT2D eigenvalue weighted by Gasteiger charge is 2.12. The maximum atomic E-state index is 12.1. The smallest absolute Gasteiger partial charge is 0.163 e. The lowest BCUT2D eigenvalue weighted by molar-refractivity contribution is -0.121. The van der Waals surface area contributed by atoms with Gasteiger partial charge in [0.25, 0.3) is 0 Å². The zero-order valence-electron chi connectivity index (χ0n) is 15.8. The molecule has 0 saturated carbocycles. The molecule has 0 bridgehead atoms. The van der Waals surface area contributed by atoms with Gasteiger partial charge in [0.15, 0.2) is 34.6 Å². The second-order valence-electron chi connectivity index (χ2n) is 6.58. The fraction of sp³-hybridized carbons (Fsp3) is 0.217. The fourth-order valence-electron chi connectivity index (χ4n) is 3.00. The summed E-state index contributed by atoms with van der Waals surface area (Å²) in [6.07, 6.45) is 5.95. The highest BCUT2D eigenvalue weighted by atomic mass is 16.6. The van der Waals surface area contributed by atoms with Crippen molar-refractivity contribution >= 4 is 23.7 Å². The van der Waals surface area contributed by atoms with Crippen LogP contribution in [-0.4, -0.2) is 38.0 Å². The van der Waals surface area contributed by atoms with Gasteiger partial charge in [0.2, 0.25) is 0 Å². The molecule has 0 aromatic heterocycles. The van der Waals surface area contributed by atoms with Crippen LogP contribution in [0.1, 0.15) is 17.5 Å². The van der Waals surface area contributed by atoms with Gasteiger partial charge >= 0.3 is 0 Å². The molecule has 2 heterocycles. The zero-order chi connectivity index (χ0) is 20.1. The van der Waals surface area contributed by atoms with Crippen molar-refractivity contribution in [3.8, 4) is 23.0 Å². The molecule has 2 aromatic carbocycles. The van der Waals surface area contributed by atoms with Gasteiger partial charge in [-0.15, -0.1) is 0 Å². The molecule has 4 rings (SSSR count). The zero-order valence-corrected chi connectivity index (χ0v) is 15.8. The minimum Gasteiger partial charge on any atom is -0.486 e. The Kier molecular flexibility index (Phi) is 5.61. The van der Waals surface area contributed by atoms with Crippen molar-refractivity contribution in [2.24, 2.45) is 0 Å². The van der Waals surface area contributed by atoms with Crippen LogP contribution in [0.2, 0.25) is 0 Å². The van der Waals surface area contributed by atoms with Crippen molar-refractivity contribution in [1.82, 2.24) is 0 Å². The average Bonchev–Trinajstić information content (AvgIpc) is 2.76. The number of carbonyl (C=O) groups excluding carboxylic acids is 2.